The Balaban J connectivity index is 1.95. The molecule has 1 aromatic carbocycles. The van der Waals surface area contributed by atoms with Gasteiger partial charge in [0.25, 0.3) is 0 Å². The van der Waals surface area contributed by atoms with Gasteiger partial charge in [0, 0.05) is 18.5 Å². The van der Waals surface area contributed by atoms with Gasteiger partial charge in [0.15, 0.2) is 0 Å². The second kappa shape index (κ2) is 5.35. The van der Waals surface area contributed by atoms with Crippen molar-refractivity contribution in [3.63, 3.8) is 0 Å². The van der Waals surface area contributed by atoms with Gasteiger partial charge in [0.1, 0.15) is 0 Å². The summed E-state index contributed by atoms with van der Waals surface area (Å²) in [6, 6.07) is 10.3. The zero-order chi connectivity index (χ0) is 11.4. The SMILES string of the molecule is O=C(Cc1ccccc1)N(CCCl)C1CC1. The van der Waals surface area contributed by atoms with Crippen LogP contribution in [0.2, 0.25) is 0 Å². The Morgan fingerprint density at radius 1 is 1.31 bits per heavy atom. The normalized spacial score (nSPS) is 14.8. The molecule has 1 aromatic rings. The molecule has 0 saturated heterocycles. The van der Waals surface area contributed by atoms with Crippen molar-refractivity contribution in [2.75, 3.05) is 12.4 Å². The van der Waals surface area contributed by atoms with Crippen LogP contribution in [0, 0.1) is 0 Å². The van der Waals surface area contributed by atoms with E-state index in [0.717, 1.165) is 18.4 Å². The van der Waals surface area contributed by atoms with Crippen LogP contribution in [0.5, 0.6) is 0 Å². The molecule has 0 atom stereocenters. The summed E-state index contributed by atoms with van der Waals surface area (Å²) >= 11 is 5.72. The van der Waals surface area contributed by atoms with Gasteiger partial charge in [0.2, 0.25) is 5.91 Å². The van der Waals surface area contributed by atoms with Gasteiger partial charge in [-0.3, -0.25) is 4.79 Å². The van der Waals surface area contributed by atoms with Gasteiger partial charge < -0.3 is 4.90 Å². The number of carbonyl (C=O) groups is 1. The van der Waals surface area contributed by atoms with Crippen molar-refractivity contribution in [1.82, 2.24) is 4.90 Å². The van der Waals surface area contributed by atoms with Gasteiger partial charge >= 0.3 is 0 Å². The van der Waals surface area contributed by atoms with E-state index in [1.165, 1.54) is 0 Å². The summed E-state index contributed by atoms with van der Waals surface area (Å²) in [4.78, 5) is 14.0. The first kappa shape index (κ1) is 11.5. The molecular weight excluding hydrogens is 222 g/mol. The first-order valence-electron chi connectivity index (χ1n) is 5.70. The van der Waals surface area contributed by atoms with Gasteiger partial charge in [-0.25, -0.2) is 0 Å². The molecule has 0 bridgehead atoms. The Morgan fingerprint density at radius 2 is 2.00 bits per heavy atom. The van der Waals surface area contributed by atoms with Crippen molar-refractivity contribution < 1.29 is 4.79 Å². The van der Waals surface area contributed by atoms with Crippen molar-refractivity contribution in [2.45, 2.75) is 25.3 Å². The minimum Gasteiger partial charge on any atom is -0.338 e. The van der Waals surface area contributed by atoms with Crippen LogP contribution >= 0.6 is 11.6 Å². The molecule has 86 valence electrons. The summed E-state index contributed by atoms with van der Waals surface area (Å²) in [5.41, 5.74) is 1.08. The molecule has 0 aromatic heterocycles. The number of nitrogens with zero attached hydrogens (tertiary/aromatic N) is 1. The van der Waals surface area contributed by atoms with Crippen LogP contribution in [0.4, 0.5) is 0 Å². The first-order chi connectivity index (χ1) is 7.81. The molecule has 2 nitrogen and oxygen atoms in total. The van der Waals surface area contributed by atoms with Crippen molar-refractivity contribution in [1.29, 1.82) is 0 Å². The molecule has 16 heavy (non-hydrogen) atoms. The predicted molar refractivity (Wildman–Crippen MR) is 65.6 cm³/mol. The highest BCUT2D eigenvalue weighted by Crippen LogP contribution is 2.27. The number of alkyl halides is 1. The van der Waals surface area contributed by atoms with Crippen LogP contribution in [-0.2, 0) is 11.2 Å². The van der Waals surface area contributed by atoms with Crippen LogP contribution in [0.25, 0.3) is 0 Å². The van der Waals surface area contributed by atoms with Crippen LogP contribution < -0.4 is 0 Å². The van der Waals surface area contributed by atoms with E-state index in [9.17, 15) is 4.79 Å². The molecule has 0 spiro atoms. The molecule has 1 aliphatic rings. The topological polar surface area (TPSA) is 20.3 Å². The monoisotopic (exact) mass is 237 g/mol. The molecule has 2 rings (SSSR count). The summed E-state index contributed by atoms with van der Waals surface area (Å²) in [5.74, 6) is 0.728. The van der Waals surface area contributed by atoms with Gasteiger partial charge in [0.05, 0.1) is 6.42 Å². The maximum Gasteiger partial charge on any atom is 0.227 e. The zero-order valence-electron chi connectivity index (χ0n) is 9.23. The van der Waals surface area contributed by atoms with Gasteiger partial charge in [-0.15, -0.1) is 11.6 Å². The van der Waals surface area contributed by atoms with E-state index < -0.39 is 0 Å². The third-order valence-electron chi connectivity index (χ3n) is 2.83. The second-order valence-corrected chi connectivity index (χ2v) is 4.55. The minimum absolute atomic E-state index is 0.203. The zero-order valence-corrected chi connectivity index (χ0v) is 9.99. The lowest BCUT2D eigenvalue weighted by molar-refractivity contribution is -0.130. The summed E-state index contributed by atoms with van der Waals surface area (Å²) in [6.07, 6.45) is 2.77. The smallest absolute Gasteiger partial charge is 0.227 e. The maximum atomic E-state index is 12.1. The lowest BCUT2D eigenvalue weighted by Gasteiger charge is -2.21. The lowest BCUT2D eigenvalue weighted by atomic mass is 10.1. The predicted octanol–water partition coefficient (Wildman–Crippen LogP) is 2.46. The third kappa shape index (κ3) is 2.99. The van der Waals surface area contributed by atoms with E-state index in [1.54, 1.807) is 0 Å². The molecule has 3 heteroatoms. The molecule has 0 radical (unpaired) electrons. The average molecular weight is 238 g/mol. The van der Waals surface area contributed by atoms with Gasteiger partial charge in [-0.2, -0.15) is 0 Å². The molecule has 0 unspecified atom stereocenters. The molecule has 0 aliphatic heterocycles. The number of rotatable bonds is 5. The van der Waals surface area contributed by atoms with Gasteiger partial charge in [-0.05, 0) is 18.4 Å². The summed E-state index contributed by atoms with van der Waals surface area (Å²) < 4.78 is 0. The van der Waals surface area contributed by atoms with E-state index >= 15 is 0 Å². The van der Waals surface area contributed by atoms with E-state index in [2.05, 4.69) is 0 Å². The molecule has 0 N–H and O–H groups in total. The Morgan fingerprint density at radius 3 is 2.56 bits per heavy atom. The first-order valence-corrected chi connectivity index (χ1v) is 6.24. The fourth-order valence-electron chi connectivity index (χ4n) is 1.86. The molecule has 1 saturated carbocycles. The van der Waals surface area contributed by atoms with Crippen molar-refractivity contribution in [3.05, 3.63) is 35.9 Å². The molecule has 1 amide bonds. The molecule has 1 aliphatic carbocycles. The van der Waals surface area contributed by atoms with Crippen LogP contribution in [0.15, 0.2) is 30.3 Å². The Labute approximate surface area is 101 Å². The average Bonchev–Trinajstić information content (AvgIpc) is 3.11. The summed E-state index contributed by atoms with van der Waals surface area (Å²) in [5, 5.41) is 0. The number of benzene rings is 1. The molecule has 1 fully saturated rings. The molecular formula is C13H16ClNO. The van der Waals surface area contributed by atoms with Crippen LogP contribution in [0.3, 0.4) is 0 Å². The van der Waals surface area contributed by atoms with E-state index in [-0.39, 0.29) is 5.91 Å². The standard InChI is InChI=1S/C13H16ClNO/c14-8-9-15(12-6-7-12)13(16)10-11-4-2-1-3-5-11/h1-5,12H,6-10H2. The van der Waals surface area contributed by atoms with E-state index in [1.807, 2.05) is 35.2 Å². The maximum absolute atomic E-state index is 12.1. The molecule has 0 heterocycles. The third-order valence-corrected chi connectivity index (χ3v) is 3.00. The highest BCUT2D eigenvalue weighted by atomic mass is 35.5. The number of hydrogen-bond acceptors (Lipinski definition) is 1. The Bertz CT molecular complexity index is 348. The Hall–Kier alpha value is -1.02. The summed E-state index contributed by atoms with van der Waals surface area (Å²) in [7, 11) is 0. The number of hydrogen-bond donors (Lipinski definition) is 0. The lowest BCUT2D eigenvalue weighted by Crippen LogP contribution is -2.35. The largest absolute Gasteiger partial charge is 0.338 e. The van der Waals surface area contributed by atoms with E-state index in [4.69, 9.17) is 11.6 Å². The number of halogens is 1. The van der Waals surface area contributed by atoms with Crippen molar-refractivity contribution in [2.24, 2.45) is 0 Å². The number of amides is 1. The van der Waals surface area contributed by atoms with E-state index in [0.29, 0.717) is 24.9 Å². The minimum atomic E-state index is 0.203. The van der Waals surface area contributed by atoms with Gasteiger partial charge in [-0.1, -0.05) is 30.3 Å². The highest BCUT2D eigenvalue weighted by molar-refractivity contribution is 6.18. The second-order valence-electron chi connectivity index (χ2n) is 4.17. The number of carbonyl (C=O) groups excluding carboxylic acids is 1. The quantitative estimate of drug-likeness (QED) is 0.721. The van der Waals surface area contributed by atoms with Crippen LogP contribution in [-0.4, -0.2) is 29.3 Å². The van der Waals surface area contributed by atoms with Crippen molar-refractivity contribution >= 4 is 17.5 Å². The Kier molecular flexibility index (Phi) is 3.83. The highest BCUT2D eigenvalue weighted by Gasteiger charge is 2.31. The fraction of sp³-hybridized carbons (Fsp3) is 0.462. The van der Waals surface area contributed by atoms with Crippen LogP contribution in [0.1, 0.15) is 18.4 Å². The fourth-order valence-corrected chi connectivity index (χ4v) is 2.04. The van der Waals surface area contributed by atoms with Crippen molar-refractivity contribution in [3.8, 4) is 0 Å². The summed E-state index contributed by atoms with van der Waals surface area (Å²) in [6.45, 7) is 0.678.